The summed E-state index contributed by atoms with van der Waals surface area (Å²) in [4.78, 5) is 8.25. The molecule has 3 aromatic rings. The van der Waals surface area contributed by atoms with Gasteiger partial charge in [0.25, 0.3) is 5.78 Å². The maximum absolute atomic E-state index is 14.6. The molecule has 8 heteroatoms. The van der Waals surface area contributed by atoms with Crippen LogP contribution >= 0.6 is 11.6 Å². The molecule has 0 spiro atoms. The summed E-state index contributed by atoms with van der Waals surface area (Å²) in [6.07, 6.45) is 1.36. The SMILES string of the molecule is CC(C)C(C)Nc1c(-c2ccc(C#N)cc2F)c(Cl)nc2ncnn12. The predicted octanol–water partition coefficient (Wildman–Crippen LogP) is 3.91. The van der Waals surface area contributed by atoms with Gasteiger partial charge in [-0.15, -0.1) is 0 Å². The summed E-state index contributed by atoms with van der Waals surface area (Å²) in [6.45, 7) is 6.16. The molecule has 1 atom stereocenters. The fraction of sp³-hybridized carbons (Fsp3) is 0.294. The Hall–Kier alpha value is -2.72. The molecule has 6 nitrogen and oxygen atoms in total. The first kappa shape index (κ1) is 17.1. The lowest BCUT2D eigenvalue weighted by Gasteiger charge is -2.22. The summed E-state index contributed by atoms with van der Waals surface area (Å²) in [5, 5.41) is 16.6. The Morgan fingerprint density at radius 3 is 2.72 bits per heavy atom. The fourth-order valence-electron chi connectivity index (χ4n) is 2.36. The third-order valence-corrected chi connectivity index (χ3v) is 4.39. The molecule has 0 aliphatic heterocycles. The summed E-state index contributed by atoms with van der Waals surface area (Å²) in [5.41, 5.74) is 0.860. The van der Waals surface area contributed by atoms with E-state index in [1.807, 2.05) is 13.0 Å². The van der Waals surface area contributed by atoms with E-state index in [1.54, 1.807) is 0 Å². The second kappa shape index (κ2) is 6.65. The molecule has 1 unspecified atom stereocenters. The molecule has 0 amide bonds. The highest BCUT2D eigenvalue weighted by molar-refractivity contribution is 6.33. The summed E-state index contributed by atoms with van der Waals surface area (Å²) < 4.78 is 16.1. The zero-order valence-corrected chi connectivity index (χ0v) is 14.7. The normalized spacial score (nSPS) is 12.4. The number of benzene rings is 1. The Morgan fingerprint density at radius 2 is 2.08 bits per heavy atom. The molecular weight excluding hydrogens is 343 g/mol. The van der Waals surface area contributed by atoms with Crippen molar-refractivity contribution in [3.8, 4) is 17.2 Å². The van der Waals surface area contributed by atoms with E-state index in [0.717, 1.165) is 0 Å². The fourth-order valence-corrected chi connectivity index (χ4v) is 2.63. The van der Waals surface area contributed by atoms with Crippen LogP contribution in [0.5, 0.6) is 0 Å². The minimum absolute atomic E-state index is 0.0751. The van der Waals surface area contributed by atoms with Crippen molar-refractivity contribution in [1.82, 2.24) is 19.6 Å². The van der Waals surface area contributed by atoms with Crippen molar-refractivity contribution in [1.29, 1.82) is 5.26 Å². The van der Waals surface area contributed by atoms with Crippen molar-refractivity contribution < 1.29 is 4.39 Å². The maximum atomic E-state index is 14.6. The van der Waals surface area contributed by atoms with Gasteiger partial charge in [-0.05, 0) is 31.0 Å². The number of nitrogens with one attached hydrogen (secondary N) is 1. The highest BCUT2D eigenvalue weighted by Gasteiger charge is 2.22. The van der Waals surface area contributed by atoms with Crippen LogP contribution in [0.25, 0.3) is 16.9 Å². The summed E-state index contributed by atoms with van der Waals surface area (Å²) in [6, 6.07) is 6.22. The first-order chi connectivity index (χ1) is 11.9. The van der Waals surface area contributed by atoms with Gasteiger partial charge >= 0.3 is 0 Å². The number of fused-ring (bicyclic) bond motifs is 1. The van der Waals surface area contributed by atoms with E-state index in [2.05, 4.69) is 34.2 Å². The van der Waals surface area contributed by atoms with Crippen molar-refractivity contribution in [3.63, 3.8) is 0 Å². The molecule has 0 aliphatic carbocycles. The highest BCUT2D eigenvalue weighted by Crippen LogP contribution is 2.36. The standard InChI is InChI=1S/C17H16ClFN6/c1-9(2)10(3)23-16-14(12-5-4-11(7-20)6-13(12)19)15(18)24-17-21-8-22-25(16)17/h4-6,8-10,23H,1-3H3. The molecule has 3 rings (SSSR count). The largest absolute Gasteiger partial charge is 0.367 e. The maximum Gasteiger partial charge on any atom is 0.255 e. The van der Waals surface area contributed by atoms with Crippen LogP contribution in [0.1, 0.15) is 26.3 Å². The number of anilines is 1. The van der Waals surface area contributed by atoms with Gasteiger partial charge in [-0.2, -0.15) is 24.8 Å². The molecular formula is C17H16ClFN6. The lowest BCUT2D eigenvalue weighted by molar-refractivity contribution is 0.556. The summed E-state index contributed by atoms with van der Waals surface area (Å²) >= 11 is 6.34. The Labute approximate surface area is 149 Å². The van der Waals surface area contributed by atoms with Crippen molar-refractivity contribution in [3.05, 3.63) is 41.1 Å². The van der Waals surface area contributed by atoms with E-state index in [9.17, 15) is 4.39 Å². The van der Waals surface area contributed by atoms with Gasteiger partial charge < -0.3 is 5.32 Å². The molecule has 0 fully saturated rings. The molecule has 25 heavy (non-hydrogen) atoms. The van der Waals surface area contributed by atoms with Gasteiger partial charge in [-0.25, -0.2) is 4.39 Å². The van der Waals surface area contributed by atoms with Crippen LogP contribution < -0.4 is 5.32 Å². The average Bonchev–Trinajstić information content (AvgIpc) is 3.03. The molecule has 2 heterocycles. The lowest BCUT2D eigenvalue weighted by atomic mass is 10.0. The third kappa shape index (κ3) is 3.13. The third-order valence-electron chi connectivity index (χ3n) is 4.11. The zero-order valence-electron chi connectivity index (χ0n) is 14.0. The van der Waals surface area contributed by atoms with Crippen LogP contribution in [-0.4, -0.2) is 25.6 Å². The van der Waals surface area contributed by atoms with Gasteiger partial charge in [0.1, 0.15) is 23.1 Å². The highest BCUT2D eigenvalue weighted by atomic mass is 35.5. The van der Waals surface area contributed by atoms with E-state index in [0.29, 0.717) is 23.1 Å². The number of hydrogen-bond acceptors (Lipinski definition) is 5. The number of nitriles is 1. The number of aromatic nitrogens is 4. The molecule has 0 bridgehead atoms. The number of rotatable bonds is 4. The first-order valence-electron chi connectivity index (χ1n) is 7.78. The van der Waals surface area contributed by atoms with Gasteiger partial charge in [-0.1, -0.05) is 25.4 Å². The number of hydrogen-bond donors (Lipinski definition) is 1. The van der Waals surface area contributed by atoms with Gasteiger partial charge in [0.15, 0.2) is 0 Å². The van der Waals surface area contributed by atoms with Crippen LogP contribution in [0.3, 0.4) is 0 Å². The minimum atomic E-state index is -0.553. The van der Waals surface area contributed by atoms with Gasteiger partial charge in [0.2, 0.25) is 0 Å². The minimum Gasteiger partial charge on any atom is -0.367 e. The quantitative estimate of drug-likeness (QED) is 0.715. The molecule has 2 aromatic heterocycles. The molecule has 0 saturated carbocycles. The Balaban J connectivity index is 2.26. The van der Waals surface area contributed by atoms with Gasteiger partial charge in [-0.3, -0.25) is 0 Å². The molecule has 0 radical (unpaired) electrons. The zero-order chi connectivity index (χ0) is 18.1. The molecule has 0 aliphatic rings. The summed E-state index contributed by atoms with van der Waals surface area (Å²) in [7, 11) is 0. The molecule has 1 aromatic carbocycles. The van der Waals surface area contributed by atoms with E-state index in [1.165, 1.54) is 29.0 Å². The second-order valence-corrected chi connectivity index (χ2v) is 6.44. The molecule has 1 N–H and O–H groups in total. The second-order valence-electron chi connectivity index (χ2n) is 6.08. The van der Waals surface area contributed by atoms with Crippen LogP contribution in [0, 0.1) is 23.1 Å². The molecule has 0 saturated heterocycles. The predicted molar refractivity (Wildman–Crippen MR) is 93.8 cm³/mol. The Kier molecular flexibility index (Phi) is 4.55. The molecule has 128 valence electrons. The van der Waals surface area contributed by atoms with Crippen molar-refractivity contribution in [2.45, 2.75) is 26.8 Å². The van der Waals surface area contributed by atoms with E-state index in [-0.39, 0.29) is 22.3 Å². The van der Waals surface area contributed by atoms with Gasteiger partial charge in [0.05, 0.1) is 17.2 Å². The Morgan fingerprint density at radius 1 is 1.32 bits per heavy atom. The number of halogens is 2. The lowest BCUT2D eigenvalue weighted by Crippen LogP contribution is -2.24. The monoisotopic (exact) mass is 358 g/mol. The van der Waals surface area contributed by atoms with Crippen molar-refractivity contribution >= 4 is 23.2 Å². The first-order valence-corrected chi connectivity index (χ1v) is 8.16. The average molecular weight is 359 g/mol. The van der Waals surface area contributed by atoms with Crippen LogP contribution in [0.15, 0.2) is 24.5 Å². The van der Waals surface area contributed by atoms with Crippen LogP contribution in [0.2, 0.25) is 5.15 Å². The van der Waals surface area contributed by atoms with E-state index >= 15 is 0 Å². The van der Waals surface area contributed by atoms with Crippen molar-refractivity contribution in [2.24, 2.45) is 5.92 Å². The van der Waals surface area contributed by atoms with Crippen molar-refractivity contribution in [2.75, 3.05) is 5.32 Å². The topological polar surface area (TPSA) is 78.9 Å². The van der Waals surface area contributed by atoms with Crippen LogP contribution in [-0.2, 0) is 0 Å². The smallest absolute Gasteiger partial charge is 0.255 e. The van der Waals surface area contributed by atoms with Crippen LogP contribution in [0.4, 0.5) is 10.2 Å². The van der Waals surface area contributed by atoms with E-state index in [4.69, 9.17) is 16.9 Å². The van der Waals surface area contributed by atoms with E-state index < -0.39 is 5.82 Å². The van der Waals surface area contributed by atoms with Gasteiger partial charge in [0, 0.05) is 11.6 Å². The Bertz CT molecular complexity index is 975. The number of nitrogens with zero attached hydrogens (tertiary/aromatic N) is 5. The summed E-state index contributed by atoms with van der Waals surface area (Å²) in [5.74, 6) is 0.602.